The summed E-state index contributed by atoms with van der Waals surface area (Å²) in [5, 5.41) is 2.89. The summed E-state index contributed by atoms with van der Waals surface area (Å²) in [5.74, 6) is -0.918. The first-order valence-electron chi connectivity index (χ1n) is 10.9. The van der Waals surface area contributed by atoms with Crippen molar-refractivity contribution in [3.05, 3.63) is 131 Å². The third-order valence-electron chi connectivity index (χ3n) is 5.30. The molecule has 1 N–H and O–H groups in total. The number of halogens is 1. The molecule has 0 radical (unpaired) electrons. The van der Waals surface area contributed by atoms with E-state index in [0.29, 0.717) is 18.8 Å². The van der Waals surface area contributed by atoms with Gasteiger partial charge in [-0.1, -0.05) is 54.6 Å². The van der Waals surface area contributed by atoms with Crippen LogP contribution in [-0.2, 0) is 24.3 Å². The fourth-order valence-electron chi connectivity index (χ4n) is 3.61. The summed E-state index contributed by atoms with van der Waals surface area (Å²) in [4.78, 5) is 31.5. The van der Waals surface area contributed by atoms with Crippen molar-refractivity contribution >= 4 is 17.5 Å². The van der Waals surface area contributed by atoms with Crippen LogP contribution in [-0.4, -0.2) is 16.8 Å². The number of rotatable bonds is 8. The van der Waals surface area contributed by atoms with Crippen LogP contribution >= 0.6 is 0 Å². The average Bonchev–Trinajstić information content (AvgIpc) is 2.87. The monoisotopic (exact) mass is 453 g/mol. The van der Waals surface area contributed by atoms with E-state index < -0.39 is 5.82 Å². The smallest absolute Gasteiger partial charge is 0.258 e. The van der Waals surface area contributed by atoms with Crippen LogP contribution < -0.4 is 10.2 Å². The van der Waals surface area contributed by atoms with Gasteiger partial charge in [0.2, 0.25) is 5.91 Å². The van der Waals surface area contributed by atoms with Gasteiger partial charge in [0.1, 0.15) is 5.82 Å². The second kappa shape index (κ2) is 11.0. The van der Waals surface area contributed by atoms with E-state index in [4.69, 9.17) is 0 Å². The van der Waals surface area contributed by atoms with Crippen molar-refractivity contribution in [2.75, 3.05) is 4.90 Å². The maximum atomic E-state index is 13.8. The summed E-state index contributed by atoms with van der Waals surface area (Å²) in [5.41, 5.74) is 3.52. The van der Waals surface area contributed by atoms with Gasteiger partial charge in [-0.3, -0.25) is 14.6 Å². The highest BCUT2D eigenvalue weighted by atomic mass is 19.1. The summed E-state index contributed by atoms with van der Waals surface area (Å²) < 4.78 is 13.8. The highest BCUT2D eigenvalue weighted by Crippen LogP contribution is 2.22. The largest absolute Gasteiger partial charge is 0.352 e. The van der Waals surface area contributed by atoms with Crippen molar-refractivity contribution in [1.82, 2.24) is 10.3 Å². The molecule has 0 spiro atoms. The number of hydrogen-bond acceptors (Lipinski definition) is 3. The lowest BCUT2D eigenvalue weighted by Crippen LogP contribution is -2.30. The lowest BCUT2D eigenvalue weighted by Gasteiger charge is -2.24. The van der Waals surface area contributed by atoms with Gasteiger partial charge in [-0.25, -0.2) is 4.39 Å². The van der Waals surface area contributed by atoms with Gasteiger partial charge >= 0.3 is 0 Å². The molecule has 6 heteroatoms. The van der Waals surface area contributed by atoms with Gasteiger partial charge in [0.15, 0.2) is 0 Å². The molecule has 0 fully saturated rings. The second-order valence-corrected chi connectivity index (χ2v) is 7.87. The Balaban J connectivity index is 1.54. The Bertz CT molecular complexity index is 1260. The third kappa shape index (κ3) is 6.13. The van der Waals surface area contributed by atoms with Crippen molar-refractivity contribution in [2.45, 2.75) is 19.5 Å². The quantitative estimate of drug-likeness (QED) is 0.412. The van der Waals surface area contributed by atoms with Crippen LogP contribution in [0.15, 0.2) is 103 Å². The zero-order chi connectivity index (χ0) is 23.8. The number of nitrogens with zero attached hydrogens (tertiary/aromatic N) is 2. The first-order valence-corrected chi connectivity index (χ1v) is 10.9. The van der Waals surface area contributed by atoms with Gasteiger partial charge in [-0.05, 0) is 53.1 Å². The van der Waals surface area contributed by atoms with Gasteiger partial charge in [0.25, 0.3) is 5.91 Å². The number of carbonyl (C=O) groups is 2. The SMILES string of the molecule is O=C(Cc1cccc(N(Cc2ccccc2)C(=O)c2cccc(F)c2)c1)NCc1cccnc1. The molecule has 0 saturated carbocycles. The predicted molar refractivity (Wildman–Crippen MR) is 130 cm³/mol. The highest BCUT2D eigenvalue weighted by Gasteiger charge is 2.19. The summed E-state index contributed by atoms with van der Waals surface area (Å²) in [7, 11) is 0. The average molecular weight is 454 g/mol. The molecule has 0 aliphatic heterocycles. The number of aromatic nitrogens is 1. The Hall–Kier alpha value is -4.32. The van der Waals surface area contributed by atoms with Crippen molar-refractivity contribution in [3.8, 4) is 0 Å². The van der Waals surface area contributed by atoms with Gasteiger partial charge in [0, 0.05) is 30.2 Å². The lowest BCUT2D eigenvalue weighted by atomic mass is 10.1. The summed E-state index contributed by atoms with van der Waals surface area (Å²) in [6, 6.07) is 26.3. The summed E-state index contributed by atoms with van der Waals surface area (Å²) in [6.07, 6.45) is 3.56. The maximum Gasteiger partial charge on any atom is 0.258 e. The number of carbonyl (C=O) groups excluding carboxylic acids is 2. The fourth-order valence-corrected chi connectivity index (χ4v) is 3.61. The minimum absolute atomic E-state index is 0.132. The molecule has 0 unspecified atom stereocenters. The molecule has 0 saturated heterocycles. The zero-order valence-corrected chi connectivity index (χ0v) is 18.5. The lowest BCUT2D eigenvalue weighted by molar-refractivity contribution is -0.120. The molecular formula is C28H24FN3O2. The van der Waals surface area contributed by atoms with Crippen molar-refractivity contribution < 1.29 is 14.0 Å². The Morgan fingerprint density at radius 1 is 0.824 bits per heavy atom. The van der Waals surface area contributed by atoms with E-state index in [1.165, 1.54) is 18.2 Å². The van der Waals surface area contributed by atoms with Crippen LogP contribution in [0.4, 0.5) is 10.1 Å². The first kappa shape index (κ1) is 22.9. The minimum Gasteiger partial charge on any atom is -0.352 e. The normalized spacial score (nSPS) is 10.5. The molecule has 34 heavy (non-hydrogen) atoms. The molecular weight excluding hydrogens is 429 g/mol. The van der Waals surface area contributed by atoms with Crippen molar-refractivity contribution in [3.63, 3.8) is 0 Å². The molecule has 170 valence electrons. The standard InChI is InChI=1S/C28H24FN3O2/c29-25-12-5-11-24(17-25)28(34)32(20-21-7-2-1-3-8-21)26-13-4-9-22(15-26)16-27(33)31-19-23-10-6-14-30-18-23/h1-15,17-18H,16,19-20H2,(H,31,33). The molecule has 3 aromatic carbocycles. The van der Waals surface area contributed by atoms with E-state index in [1.807, 2.05) is 66.7 Å². The van der Waals surface area contributed by atoms with Gasteiger partial charge < -0.3 is 10.2 Å². The minimum atomic E-state index is -0.468. The molecule has 0 aliphatic carbocycles. The molecule has 1 aromatic heterocycles. The summed E-state index contributed by atoms with van der Waals surface area (Å²) in [6.45, 7) is 0.706. The van der Waals surface area contributed by atoms with Crippen LogP contribution in [0, 0.1) is 5.82 Å². The molecule has 4 rings (SSSR count). The van der Waals surface area contributed by atoms with Crippen LogP contribution in [0.3, 0.4) is 0 Å². The topological polar surface area (TPSA) is 62.3 Å². The van der Waals surface area contributed by atoms with Gasteiger partial charge in [-0.15, -0.1) is 0 Å². The Kier molecular flexibility index (Phi) is 7.40. The highest BCUT2D eigenvalue weighted by molar-refractivity contribution is 6.06. The number of pyridine rings is 1. The molecule has 0 atom stereocenters. The molecule has 2 amide bonds. The number of amides is 2. The Morgan fingerprint density at radius 3 is 2.35 bits per heavy atom. The zero-order valence-electron chi connectivity index (χ0n) is 18.5. The predicted octanol–water partition coefficient (Wildman–Crippen LogP) is 4.93. The Labute approximate surface area is 197 Å². The van der Waals surface area contributed by atoms with E-state index in [1.54, 1.807) is 23.4 Å². The van der Waals surface area contributed by atoms with E-state index in [2.05, 4.69) is 10.3 Å². The summed E-state index contributed by atoms with van der Waals surface area (Å²) >= 11 is 0. The van der Waals surface area contributed by atoms with Crippen LogP contribution in [0.2, 0.25) is 0 Å². The Morgan fingerprint density at radius 2 is 1.59 bits per heavy atom. The molecule has 0 aliphatic rings. The number of hydrogen-bond donors (Lipinski definition) is 1. The van der Waals surface area contributed by atoms with E-state index in [9.17, 15) is 14.0 Å². The van der Waals surface area contributed by atoms with Crippen molar-refractivity contribution in [1.29, 1.82) is 0 Å². The van der Waals surface area contributed by atoms with E-state index in [-0.39, 0.29) is 23.8 Å². The van der Waals surface area contributed by atoms with E-state index in [0.717, 1.165) is 16.7 Å². The maximum absolute atomic E-state index is 13.8. The van der Waals surface area contributed by atoms with Crippen LogP contribution in [0.1, 0.15) is 27.0 Å². The second-order valence-electron chi connectivity index (χ2n) is 7.87. The van der Waals surface area contributed by atoms with Crippen molar-refractivity contribution in [2.24, 2.45) is 0 Å². The molecule has 1 heterocycles. The third-order valence-corrected chi connectivity index (χ3v) is 5.30. The van der Waals surface area contributed by atoms with Crippen LogP contribution in [0.5, 0.6) is 0 Å². The number of nitrogens with one attached hydrogen (secondary N) is 1. The fraction of sp³-hybridized carbons (Fsp3) is 0.107. The van der Waals surface area contributed by atoms with Crippen LogP contribution in [0.25, 0.3) is 0 Å². The van der Waals surface area contributed by atoms with Gasteiger partial charge in [0.05, 0.1) is 13.0 Å². The number of benzene rings is 3. The number of anilines is 1. The molecule has 0 bridgehead atoms. The van der Waals surface area contributed by atoms with E-state index >= 15 is 0 Å². The van der Waals surface area contributed by atoms with Gasteiger partial charge in [-0.2, -0.15) is 0 Å². The first-order chi connectivity index (χ1) is 16.6. The molecule has 5 nitrogen and oxygen atoms in total. The molecule has 4 aromatic rings.